The Bertz CT molecular complexity index is 1450. The molecule has 0 saturated carbocycles. The zero-order valence-corrected chi connectivity index (χ0v) is 23.3. The predicted octanol–water partition coefficient (Wildman–Crippen LogP) is 5.20. The third kappa shape index (κ3) is 6.35. The van der Waals surface area contributed by atoms with Gasteiger partial charge in [0.15, 0.2) is 5.96 Å². The van der Waals surface area contributed by atoms with Gasteiger partial charge in [0.05, 0.1) is 17.2 Å². The molecule has 0 saturated heterocycles. The Morgan fingerprint density at radius 3 is 2.13 bits per heavy atom. The number of nitrogens with two attached hydrogens (primary N) is 1. The van der Waals surface area contributed by atoms with Crippen molar-refractivity contribution in [2.75, 3.05) is 19.6 Å². The van der Waals surface area contributed by atoms with E-state index in [1.54, 1.807) is 17.0 Å². The monoisotopic (exact) mass is 570 g/mol. The molecule has 38 heavy (non-hydrogen) atoms. The highest BCUT2D eigenvalue weighted by molar-refractivity contribution is 7.90. The molecule has 4 rings (SSSR count). The van der Waals surface area contributed by atoms with E-state index in [4.69, 9.17) is 34.0 Å². The quantitative estimate of drug-likeness (QED) is 0.324. The van der Waals surface area contributed by atoms with Crippen molar-refractivity contribution in [3.05, 3.63) is 100 Å². The lowest BCUT2D eigenvalue weighted by Crippen LogP contribution is -2.39. The summed E-state index contributed by atoms with van der Waals surface area (Å²) in [6.45, 7) is 5.37. The topological polar surface area (TPSA) is 104 Å². The molecule has 0 bridgehead atoms. The Balaban J connectivity index is 1.84. The van der Waals surface area contributed by atoms with E-state index in [1.165, 1.54) is 29.3 Å². The minimum Gasteiger partial charge on any atom is -0.369 e. The van der Waals surface area contributed by atoms with Crippen molar-refractivity contribution in [1.82, 2.24) is 9.91 Å². The van der Waals surface area contributed by atoms with Crippen molar-refractivity contribution in [3.8, 4) is 0 Å². The second-order valence-corrected chi connectivity index (χ2v) is 11.0. The van der Waals surface area contributed by atoms with Gasteiger partial charge in [-0.2, -0.15) is 18.5 Å². The highest BCUT2D eigenvalue weighted by Gasteiger charge is 2.33. The molecule has 11 heteroatoms. The number of hydrazone groups is 1. The largest absolute Gasteiger partial charge is 0.369 e. The van der Waals surface area contributed by atoms with Gasteiger partial charge >= 0.3 is 0 Å². The number of aliphatic imine (C=N–C) groups is 1. The minimum atomic E-state index is -4.15. The Labute approximate surface area is 233 Å². The number of hydrogen-bond donors (Lipinski definition) is 1. The Hall–Kier alpha value is -3.40. The molecule has 0 aliphatic carbocycles. The van der Waals surface area contributed by atoms with Gasteiger partial charge in [0.1, 0.15) is 0 Å². The van der Waals surface area contributed by atoms with E-state index in [2.05, 4.69) is 9.39 Å². The molecule has 0 spiro atoms. The number of nitrogens with zero attached hydrogens (tertiary/aromatic N) is 5. The van der Waals surface area contributed by atoms with Crippen LogP contribution in [0, 0.1) is 0 Å². The van der Waals surface area contributed by atoms with E-state index in [-0.39, 0.29) is 22.7 Å². The summed E-state index contributed by atoms with van der Waals surface area (Å²) < 4.78 is 30.7. The second kappa shape index (κ2) is 12.0. The first kappa shape index (κ1) is 27.6. The van der Waals surface area contributed by atoms with Crippen LogP contribution >= 0.6 is 23.2 Å². The number of hydrogen-bond acceptors (Lipinski definition) is 3. The highest BCUT2D eigenvalue weighted by atomic mass is 35.5. The highest BCUT2D eigenvalue weighted by Crippen LogP contribution is 2.30. The van der Waals surface area contributed by atoms with Gasteiger partial charge in [0.25, 0.3) is 16.0 Å². The first-order valence-electron chi connectivity index (χ1n) is 12.1. The summed E-state index contributed by atoms with van der Waals surface area (Å²) in [6, 6.07) is 23.0. The maximum absolute atomic E-state index is 13.3. The Kier molecular flexibility index (Phi) is 8.71. The molecule has 1 atom stereocenters. The normalized spacial score (nSPS) is 16.5. The van der Waals surface area contributed by atoms with E-state index in [0.29, 0.717) is 29.7 Å². The van der Waals surface area contributed by atoms with Crippen LogP contribution in [0.2, 0.25) is 10.0 Å². The molecule has 1 aliphatic rings. The third-order valence-corrected chi connectivity index (χ3v) is 7.88. The lowest BCUT2D eigenvalue weighted by Gasteiger charge is -2.21. The molecule has 2 N–H and O–H groups in total. The number of halogens is 2. The first-order chi connectivity index (χ1) is 18.2. The van der Waals surface area contributed by atoms with E-state index in [1.807, 2.05) is 56.3 Å². The van der Waals surface area contributed by atoms with Gasteiger partial charge in [-0.15, -0.1) is 4.40 Å². The predicted molar refractivity (Wildman–Crippen MR) is 154 cm³/mol. The van der Waals surface area contributed by atoms with Crippen LogP contribution in [0.4, 0.5) is 0 Å². The molecule has 0 aromatic heterocycles. The fourth-order valence-corrected chi connectivity index (χ4v) is 5.25. The van der Waals surface area contributed by atoms with Gasteiger partial charge in [-0.25, -0.2) is 5.01 Å². The zero-order valence-electron chi connectivity index (χ0n) is 21.0. The van der Waals surface area contributed by atoms with Crippen LogP contribution in [0.25, 0.3) is 0 Å². The SMILES string of the molecule is CCN(CC)/C(N)=N/C(=N/S(=O)(=O)c1ccc(Cl)cc1)N1CC(c2ccccc2)C(c2ccc(Cl)cc2)=N1. The third-order valence-electron chi connectivity index (χ3n) is 6.10. The van der Waals surface area contributed by atoms with Crippen LogP contribution in [-0.2, 0) is 10.0 Å². The van der Waals surface area contributed by atoms with Crippen LogP contribution < -0.4 is 5.73 Å². The van der Waals surface area contributed by atoms with E-state index in [0.717, 1.165) is 16.8 Å². The number of rotatable bonds is 6. The Morgan fingerprint density at radius 2 is 1.55 bits per heavy atom. The fraction of sp³-hybridized carbons (Fsp3) is 0.222. The van der Waals surface area contributed by atoms with Crippen LogP contribution in [-0.4, -0.2) is 55.6 Å². The van der Waals surface area contributed by atoms with Gasteiger partial charge in [-0.1, -0.05) is 65.7 Å². The van der Waals surface area contributed by atoms with Crippen LogP contribution in [0.5, 0.6) is 0 Å². The molecule has 198 valence electrons. The van der Waals surface area contributed by atoms with E-state index in [9.17, 15) is 8.42 Å². The molecule has 0 fully saturated rings. The van der Waals surface area contributed by atoms with Crippen molar-refractivity contribution in [1.29, 1.82) is 0 Å². The summed E-state index contributed by atoms with van der Waals surface area (Å²) in [4.78, 5) is 6.25. The maximum Gasteiger partial charge on any atom is 0.285 e. The summed E-state index contributed by atoms with van der Waals surface area (Å²) in [6.07, 6.45) is 0. The van der Waals surface area contributed by atoms with E-state index < -0.39 is 10.0 Å². The minimum absolute atomic E-state index is 0.0169. The van der Waals surface area contributed by atoms with Gasteiger partial charge in [0, 0.05) is 29.1 Å². The van der Waals surface area contributed by atoms with Gasteiger partial charge in [-0.3, -0.25) is 0 Å². The smallest absolute Gasteiger partial charge is 0.285 e. The fourth-order valence-electron chi connectivity index (χ4n) is 4.07. The van der Waals surface area contributed by atoms with Crippen molar-refractivity contribution in [3.63, 3.8) is 0 Å². The van der Waals surface area contributed by atoms with Crippen LogP contribution in [0.15, 0.2) is 98.2 Å². The molecule has 1 aliphatic heterocycles. The summed E-state index contributed by atoms with van der Waals surface area (Å²) in [5.74, 6) is -0.161. The van der Waals surface area contributed by atoms with Gasteiger partial charge < -0.3 is 10.6 Å². The molecule has 0 radical (unpaired) electrons. The number of sulfonamides is 1. The molecule has 3 aromatic rings. The lowest BCUT2D eigenvalue weighted by atomic mass is 9.91. The average Bonchev–Trinajstić information content (AvgIpc) is 3.36. The summed E-state index contributed by atoms with van der Waals surface area (Å²) in [5, 5.41) is 7.32. The van der Waals surface area contributed by atoms with Gasteiger partial charge in [0.2, 0.25) is 0 Å². The standard InChI is InChI=1S/C27H28Cl2N6O2S/c1-3-34(4-2)26(30)31-27(33-38(36,37)23-16-14-22(29)15-17-23)35-18-24(19-8-6-5-7-9-19)25(32-35)20-10-12-21(28)13-11-20/h5-17,24H,3-4,18H2,1-2H3,(H2,30,31,33). The second-order valence-electron chi connectivity index (χ2n) is 8.50. The summed E-state index contributed by atoms with van der Waals surface area (Å²) in [7, 11) is -4.15. The van der Waals surface area contributed by atoms with Crippen molar-refractivity contribution in [2.45, 2.75) is 24.7 Å². The maximum atomic E-state index is 13.3. The van der Waals surface area contributed by atoms with Crippen molar-refractivity contribution >= 4 is 50.9 Å². The molecular formula is C27H28Cl2N6O2S. The van der Waals surface area contributed by atoms with Crippen molar-refractivity contribution < 1.29 is 8.42 Å². The summed E-state index contributed by atoms with van der Waals surface area (Å²) >= 11 is 12.1. The molecule has 8 nitrogen and oxygen atoms in total. The lowest BCUT2D eigenvalue weighted by molar-refractivity contribution is 0.451. The van der Waals surface area contributed by atoms with Crippen LogP contribution in [0.3, 0.4) is 0 Å². The van der Waals surface area contributed by atoms with E-state index >= 15 is 0 Å². The van der Waals surface area contributed by atoms with Crippen LogP contribution in [0.1, 0.15) is 30.9 Å². The van der Waals surface area contributed by atoms with Crippen molar-refractivity contribution in [2.24, 2.45) is 20.2 Å². The molecular weight excluding hydrogens is 543 g/mol. The molecule has 3 aromatic carbocycles. The average molecular weight is 572 g/mol. The number of benzene rings is 3. The zero-order chi connectivity index (χ0) is 27.3. The van der Waals surface area contributed by atoms with Gasteiger partial charge in [-0.05, 0) is 61.4 Å². The molecule has 0 amide bonds. The Morgan fingerprint density at radius 1 is 0.974 bits per heavy atom. The molecule has 1 heterocycles. The number of guanidine groups is 2. The molecule has 1 unspecified atom stereocenters. The first-order valence-corrected chi connectivity index (χ1v) is 14.3. The summed E-state index contributed by atoms with van der Waals surface area (Å²) in [5.41, 5.74) is 8.89.